The van der Waals surface area contributed by atoms with Crippen molar-refractivity contribution in [3.8, 4) is 23.7 Å². The van der Waals surface area contributed by atoms with Crippen molar-refractivity contribution in [1.29, 1.82) is 0 Å². The Kier molecular flexibility index (Phi) is 6.29. The van der Waals surface area contributed by atoms with Crippen LogP contribution >= 0.6 is 0 Å². The van der Waals surface area contributed by atoms with Crippen LogP contribution in [0.2, 0.25) is 0 Å². The Morgan fingerprint density at radius 3 is 2.64 bits per heavy atom. The van der Waals surface area contributed by atoms with Crippen LogP contribution in [0.25, 0.3) is 0 Å². The van der Waals surface area contributed by atoms with Crippen LogP contribution in [0.5, 0.6) is 0 Å². The summed E-state index contributed by atoms with van der Waals surface area (Å²) in [6, 6.07) is 19.6. The molecular formula is C23H24N2. The molecule has 0 spiro atoms. The zero-order chi connectivity index (χ0) is 17.3. The summed E-state index contributed by atoms with van der Waals surface area (Å²) in [6.45, 7) is 2.33. The molecule has 0 saturated carbocycles. The van der Waals surface area contributed by atoms with Crippen LogP contribution in [0, 0.1) is 23.7 Å². The zero-order valence-electron chi connectivity index (χ0n) is 14.8. The fourth-order valence-electron chi connectivity index (χ4n) is 3.20. The lowest BCUT2D eigenvalue weighted by Crippen LogP contribution is -2.19. The minimum Gasteiger partial charge on any atom is -0.299 e. The number of nitrogens with zero attached hydrogens (tertiary/aromatic N) is 1. The fraction of sp³-hybridized carbons (Fsp3) is 0.304. The van der Waals surface area contributed by atoms with Crippen LogP contribution in [0.3, 0.4) is 0 Å². The summed E-state index contributed by atoms with van der Waals surface area (Å²) in [7, 11) is 2.08. The molecule has 1 aliphatic carbocycles. The normalized spacial score (nSPS) is 15.0. The van der Waals surface area contributed by atoms with E-state index in [0.717, 1.165) is 25.9 Å². The summed E-state index contributed by atoms with van der Waals surface area (Å²) in [6.07, 6.45) is 2.33. The summed E-state index contributed by atoms with van der Waals surface area (Å²) >= 11 is 0. The number of hydrogen-bond donors (Lipinski definition) is 1. The van der Waals surface area contributed by atoms with Crippen molar-refractivity contribution in [2.24, 2.45) is 0 Å². The standard InChI is InChI=1S/C23H24N2/c1-25(19-20-11-5-4-6-12-20)18-10-3-2-9-17-24-23-16-15-21-13-7-8-14-22(21)23/h4-8,11-14,23-24H,15-19H2,1H3/t23-/m1/s1. The lowest BCUT2D eigenvalue weighted by molar-refractivity contribution is 0.369. The molecule has 1 N–H and O–H groups in total. The number of nitrogens with one attached hydrogen (secondary N) is 1. The molecule has 2 nitrogen and oxygen atoms in total. The third-order valence-corrected chi connectivity index (χ3v) is 4.45. The van der Waals surface area contributed by atoms with Crippen LogP contribution < -0.4 is 5.32 Å². The average Bonchev–Trinajstić information content (AvgIpc) is 3.05. The smallest absolute Gasteiger partial charge is 0.0612 e. The van der Waals surface area contributed by atoms with Crippen LogP contribution in [-0.4, -0.2) is 25.0 Å². The molecule has 0 fully saturated rings. The van der Waals surface area contributed by atoms with Crippen molar-refractivity contribution < 1.29 is 0 Å². The van der Waals surface area contributed by atoms with E-state index in [4.69, 9.17) is 0 Å². The van der Waals surface area contributed by atoms with Crippen molar-refractivity contribution in [2.45, 2.75) is 25.4 Å². The lowest BCUT2D eigenvalue weighted by Gasteiger charge is -2.12. The number of hydrogen-bond acceptors (Lipinski definition) is 2. The largest absolute Gasteiger partial charge is 0.299 e. The number of aryl methyl sites for hydroxylation is 1. The van der Waals surface area contributed by atoms with E-state index in [-0.39, 0.29) is 0 Å². The molecular weight excluding hydrogens is 304 g/mol. The first-order valence-electron chi connectivity index (χ1n) is 8.82. The van der Waals surface area contributed by atoms with Gasteiger partial charge in [0.15, 0.2) is 0 Å². The Bertz CT molecular complexity index is 802. The van der Waals surface area contributed by atoms with Crippen LogP contribution in [0.15, 0.2) is 54.6 Å². The summed E-state index contributed by atoms with van der Waals surface area (Å²) in [5.74, 6) is 12.1. The second-order valence-corrected chi connectivity index (χ2v) is 6.43. The van der Waals surface area contributed by atoms with E-state index >= 15 is 0 Å². The predicted molar refractivity (Wildman–Crippen MR) is 104 cm³/mol. The maximum atomic E-state index is 3.52. The second kappa shape index (κ2) is 9.09. The first-order valence-corrected chi connectivity index (χ1v) is 8.82. The van der Waals surface area contributed by atoms with Gasteiger partial charge in [0.2, 0.25) is 0 Å². The van der Waals surface area contributed by atoms with Crippen molar-refractivity contribution in [3.05, 3.63) is 71.3 Å². The predicted octanol–water partition coefficient (Wildman–Crippen LogP) is 3.40. The maximum absolute atomic E-state index is 3.52. The van der Waals surface area contributed by atoms with E-state index in [1.54, 1.807) is 0 Å². The van der Waals surface area contributed by atoms with Crippen molar-refractivity contribution in [1.82, 2.24) is 10.2 Å². The quantitative estimate of drug-likeness (QED) is 0.846. The summed E-state index contributed by atoms with van der Waals surface area (Å²) < 4.78 is 0. The highest BCUT2D eigenvalue weighted by atomic mass is 15.1. The van der Waals surface area contributed by atoms with Gasteiger partial charge in [0.05, 0.1) is 13.1 Å². The number of fused-ring (bicyclic) bond motifs is 1. The Labute approximate surface area is 151 Å². The summed E-state index contributed by atoms with van der Waals surface area (Å²) in [4.78, 5) is 2.19. The second-order valence-electron chi connectivity index (χ2n) is 6.43. The summed E-state index contributed by atoms with van der Waals surface area (Å²) in [5, 5.41) is 3.52. The highest BCUT2D eigenvalue weighted by molar-refractivity contribution is 5.34. The molecule has 0 heterocycles. The Balaban J connectivity index is 1.38. The zero-order valence-corrected chi connectivity index (χ0v) is 14.8. The monoisotopic (exact) mass is 328 g/mol. The van der Waals surface area contributed by atoms with Crippen molar-refractivity contribution >= 4 is 0 Å². The van der Waals surface area contributed by atoms with Crippen LogP contribution in [0.4, 0.5) is 0 Å². The van der Waals surface area contributed by atoms with Gasteiger partial charge in [-0.05, 0) is 48.4 Å². The Morgan fingerprint density at radius 1 is 1.00 bits per heavy atom. The average molecular weight is 328 g/mol. The van der Waals surface area contributed by atoms with Gasteiger partial charge in [-0.15, -0.1) is 0 Å². The van der Waals surface area contributed by atoms with E-state index in [0.29, 0.717) is 12.6 Å². The van der Waals surface area contributed by atoms with Crippen LogP contribution in [0.1, 0.15) is 29.2 Å². The lowest BCUT2D eigenvalue weighted by atomic mass is 10.1. The molecule has 126 valence electrons. The van der Waals surface area contributed by atoms with Crippen molar-refractivity contribution in [3.63, 3.8) is 0 Å². The molecule has 0 unspecified atom stereocenters. The molecule has 0 radical (unpaired) electrons. The summed E-state index contributed by atoms with van der Waals surface area (Å²) in [5.41, 5.74) is 4.20. The molecule has 25 heavy (non-hydrogen) atoms. The molecule has 1 atom stereocenters. The highest BCUT2D eigenvalue weighted by Gasteiger charge is 2.20. The topological polar surface area (TPSA) is 15.3 Å². The molecule has 0 aliphatic heterocycles. The van der Waals surface area contributed by atoms with E-state index in [1.165, 1.54) is 16.7 Å². The SMILES string of the molecule is CN(CC#CC#CCN[C@@H]1CCc2ccccc21)Cc1ccccc1. The van der Waals surface area contributed by atoms with Gasteiger partial charge in [0.1, 0.15) is 0 Å². The van der Waals surface area contributed by atoms with Gasteiger partial charge in [0.25, 0.3) is 0 Å². The Hall–Kier alpha value is -2.52. The molecule has 1 aliphatic rings. The van der Waals surface area contributed by atoms with E-state index in [1.807, 2.05) is 6.07 Å². The van der Waals surface area contributed by atoms with Gasteiger partial charge in [-0.2, -0.15) is 0 Å². The molecule has 3 rings (SSSR count). The first kappa shape index (κ1) is 17.3. The molecule has 2 aromatic rings. The van der Waals surface area contributed by atoms with Gasteiger partial charge < -0.3 is 0 Å². The minimum absolute atomic E-state index is 0.440. The van der Waals surface area contributed by atoms with E-state index in [9.17, 15) is 0 Å². The molecule has 2 aromatic carbocycles. The first-order chi connectivity index (χ1) is 12.3. The molecule has 0 saturated heterocycles. The molecule has 0 aromatic heterocycles. The minimum atomic E-state index is 0.440. The molecule has 0 amide bonds. The van der Waals surface area contributed by atoms with Crippen LogP contribution in [-0.2, 0) is 13.0 Å². The number of rotatable bonds is 5. The third kappa shape index (κ3) is 5.23. The number of benzene rings is 2. The maximum Gasteiger partial charge on any atom is 0.0612 e. The van der Waals surface area contributed by atoms with Gasteiger partial charge in [-0.3, -0.25) is 10.2 Å². The van der Waals surface area contributed by atoms with E-state index < -0.39 is 0 Å². The Morgan fingerprint density at radius 2 is 1.76 bits per heavy atom. The molecule has 2 heteroatoms. The van der Waals surface area contributed by atoms with Gasteiger partial charge >= 0.3 is 0 Å². The van der Waals surface area contributed by atoms with E-state index in [2.05, 4.69) is 89.5 Å². The van der Waals surface area contributed by atoms with Gasteiger partial charge in [-0.25, -0.2) is 0 Å². The fourth-order valence-corrected chi connectivity index (χ4v) is 3.20. The van der Waals surface area contributed by atoms with Crippen molar-refractivity contribution in [2.75, 3.05) is 20.1 Å². The van der Waals surface area contributed by atoms with Gasteiger partial charge in [0, 0.05) is 12.6 Å². The van der Waals surface area contributed by atoms with Gasteiger partial charge in [-0.1, -0.05) is 66.4 Å². The highest BCUT2D eigenvalue weighted by Crippen LogP contribution is 2.30. The molecule has 0 bridgehead atoms. The third-order valence-electron chi connectivity index (χ3n) is 4.45.